The molecule has 24 heavy (non-hydrogen) atoms. The third-order valence-electron chi connectivity index (χ3n) is 3.86. The third kappa shape index (κ3) is 6.11. The SMILES string of the molecule is CCC1CN(C(=NC)NCCS(=O)(=O)c2ccccc2)CCS1.I. The van der Waals surface area contributed by atoms with E-state index in [-0.39, 0.29) is 29.7 Å². The van der Waals surface area contributed by atoms with Gasteiger partial charge >= 0.3 is 0 Å². The Labute approximate surface area is 166 Å². The van der Waals surface area contributed by atoms with Gasteiger partial charge in [0.15, 0.2) is 15.8 Å². The molecule has 1 heterocycles. The lowest BCUT2D eigenvalue weighted by atomic mass is 10.3. The fourth-order valence-electron chi connectivity index (χ4n) is 2.53. The topological polar surface area (TPSA) is 61.8 Å². The minimum absolute atomic E-state index is 0. The minimum atomic E-state index is -3.25. The summed E-state index contributed by atoms with van der Waals surface area (Å²) in [5, 5.41) is 3.82. The quantitative estimate of drug-likeness (QED) is 0.396. The molecule has 1 N–H and O–H groups in total. The second kappa shape index (κ2) is 10.5. The summed E-state index contributed by atoms with van der Waals surface area (Å²) in [7, 11) is -1.50. The molecule has 1 fully saturated rings. The molecule has 5 nitrogen and oxygen atoms in total. The van der Waals surface area contributed by atoms with Crippen LogP contribution < -0.4 is 5.32 Å². The molecule has 136 valence electrons. The molecule has 1 unspecified atom stereocenters. The maximum atomic E-state index is 12.3. The zero-order chi connectivity index (χ0) is 16.7. The summed E-state index contributed by atoms with van der Waals surface area (Å²) in [4.78, 5) is 6.89. The van der Waals surface area contributed by atoms with Crippen LogP contribution in [0.2, 0.25) is 0 Å². The van der Waals surface area contributed by atoms with Crippen LogP contribution in [0.15, 0.2) is 40.2 Å². The van der Waals surface area contributed by atoms with Crippen molar-refractivity contribution in [1.82, 2.24) is 10.2 Å². The van der Waals surface area contributed by atoms with E-state index in [1.165, 1.54) is 0 Å². The number of rotatable bonds is 5. The first-order chi connectivity index (χ1) is 11.1. The molecule has 1 saturated heterocycles. The van der Waals surface area contributed by atoms with Crippen molar-refractivity contribution in [3.05, 3.63) is 30.3 Å². The fourth-order valence-corrected chi connectivity index (χ4v) is 4.89. The molecule has 1 aliphatic rings. The predicted octanol–water partition coefficient (Wildman–Crippen LogP) is 2.48. The van der Waals surface area contributed by atoms with Crippen LogP contribution in [0.3, 0.4) is 0 Å². The summed E-state index contributed by atoms with van der Waals surface area (Å²) in [6, 6.07) is 8.58. The summed E-state index contributed by atoms with van der Waals surface area (Å²) in [6.07, 6.45) is 1.14. The Kier molecular flexibility index (Phi) is 9.43. The molecular formula is C16H26IN3O2S2. The number of nitrogens with zero attached hydrogens (tertiary/aromatic N) is 2. The Morgan fingerprint density at radius 2 is 2.08 bits per heavy atom. The van der Waals surface area contributed by atoms with E-state index in [9.17, 15) is 8.42 Å². The van der Waals surface area contributed by atoms with E-state index >= 15 is 0 Å². The molecule has 0 radical (unpaired) electrons. The molecule has 0 bridgehead atoms. The van der Waals surface area contributed by atoms with Crippen molar-refractivity contribution in [2.24, 2.45) is 4.99 Å². The number of hydrogen-bond donors (Lipinski definition) is 1. The first-order valence-corrected chi connectivity index (χ1v) is 10.6. The van der Waals surface area contributed by atoms with Gasteiger partial charge < -0.3 is 10.2 Å². The fraction of sp³-hybridized carbons (Fsp3) is 0.562. The molecule has 1 atom stereocenters. The Bertz CT molecular complexity index is 623. The number of thioether (sulfide) groups is 1. The smallest absolute Gasteiger partial charge is 0.193 e. The van der Waals surface area contributed by atoms with Gasteiger partial charge in [0, 0.05) is 37.7 Å². The van der Waals surface area contributed by atoms with Crippen molar-refractivity contribution >= 4 is 51.5 Å². The third-order valence-corrected chi connectivity index (χ3v) is 6.97. The van der Waals surface area contributed by atoms with E-state index in [0.29, 0.717) is 16.7 Å². The van der Waals surface area contributed by atoms with Crippen LogP contribution in [0, 0.1) is 0 Å². The van der Waals surface area contributed by atoms with E-state index in [4.69, 9.17) is 0 Å². The van der Waals surface area contributed by atoms with Crippen LogP contribution in [0.25, 0.3) is 0 Å². The summed E-state index contributed by atoms with van der Waals surface area (Å²) < 4.78 is 24.6. The van der Waals surface area contributed by atoms with Crippen molar-refractivity contribution in [1.29, 1.82) is 0 Å². The molecule has 0 spiro atoms. The van der Waals surface area contributed by atoms with Crippen molar-refractivity contribution in [2.75, 3.05) is 38.2 Å². The zero-order valence-electron chi connectivity index (χ0n) is 14.1. The van der Waals surface area contributed by atoms with Crippen LogP contribution in [-0.2, 0) is 9.84 Å². The lowest BCUT2D eigenvalue weighted by Gasteiger charge is -2.34. The van der Waals surface area contributed by atoms with E-state index < -0.39 is 9.84 Å². The predicted molar refractivity (Wildman–Crippen MR) is 113 cm³/mol. The van der Waals surface area contributed by atoms with Crippen LogP contribution in [0.4, 0.5) is 0 Å². The zero-order valence-corrected chi connectivity index (χ0v) is 18.1. The van der Waals surface area contributed by atoms with Gasteiger partial charge in [-0.2, -0.15) is 11.8 Å². The standard InChI is InChI=1S/C16H25N3O2S2.HI/c1-3-14-13-19(10-11-22-14)16(17-2)18-9-12-23(20,21)15-7-5-4-6-8-15;/h4-8,14H,3,9-13H2,1-2H3,(H,17,18);1H. The van der Waals surface area contributed by atoms with Gasteiger partial charge in [-0.1, -0.05) is 25.1 Å². The van der Waals surface area contributed by atoms with Crippen LogP contribution in [-0.4, -0.2) is 62.7 Å². The van der Waals surface area contributed by atoms with Gasteiger partial charge in [-0.15, -0.1) is 24.0 Å². The number of hydrogen-bond acceptors (Lipinski definition) is 4. The van der Waals surface area contributed by atoms with Gasteiger partial charge in [-0.05, 0) is 18.6 Å². The highest BCUT2D eigenvalue weighted by Gasteiger charge is 2.22. The van der Waals surface area contributed by atoms with Crippen LogP contribution >= 0.6 is 35.7 Å². The van der Waals surface area contributed by atoms with Gasteiger partial charge in [-0.25, -0.2) is 8.42 Å². The molecule has 0 amide bonds. The van der Waals surface area contributed by atoms with E-state index in [2.05, 4.69) is 22.1 Å². The van der Waals surface area contributed by atoms with Crippen molar-refractivity contribution in [3.8, 4) is 0 Å². The average molecular weight is 483 g/mol. The number of aliphatic imine (C=N–C) groups is 1. The summed E-state index contributed by atoms with van der Waals surface area (Å²) in [5.41, 5.74) is 0. The number of guanidine groups is 1. The van der Waals surface area contributed by atoms with Gasteiger partial charge in [0.25, 0.3) is 0 Å². The maximum Gasteiger partial charge on any atom is 0.193 e. The molecule has 1 aliphatic heterocycles. The lowest BCUT2D eigenvalue weighted by molar-refractivity contribution is 0.409. The molecule has 1 aromatic carbocycles. The number of sulfone groups is 1. The highest BCUT2D eigenvalue weighted by Crippen LogP contribution is 2.21. The highest BCUT2D eigenvalue weighted by molar-refractivity contribution is 14.0. The number of nitrogens with one attached hydrogen (secondary N) is 1. The molecule has 8 heteroatoms. The molecule has 2 rings (SSSR count). The average Bonchev–Trinajstić information content (AvgIpc) is 2.59. The lowest BCUT2D eigenvalue weighted by Crippen LogP contribution is -2.48. The Hall–Kier alpha value is -0.480. The summed E-state index contributed by atoms with van der Waals surface area (Å²) in [5.74, 6) is 1.95. The molecule has 1 aromatic rings. The monoisotopic (exact) mass is 483 g/mol. The first-order valence-electron chi connectivity index (χ1n) is 7.92. The van der Waals surface area contributed by atoms with Crippen molar-refractivity contribution < 1.29 is 8.42 Å². The van der Waals surface area contributed by atoms with Gasteiger partial charge in [0.2, 0.25) is 0 Å². The van der Waals surface area contributed by atoms with E-state index in [1.54, 1.807) is 31.3 Å². The maximum absolute atomic E-state index is 12.3. The Morgan fingerprint density at radius 3 is 2.71 bits per heavy atom. The van der Waals surface area contributed by atoms with Crippen LogP contribution in [0.1, 0.15) is 13.3 Å². The highest BCUT2D eigenvalue weighted by atomic mass is 127. The van der Waals surface area contributed by atoms with Crippen LogP contribution in [0.5, 0.6) is 0 Å². The second-order valence-corrected chi connectivity index (χ2v) is 8.97. The normalized spacial score (nSPS) is 18.8. The molecule has 0 aromatic heterocycles. The summed E-state index contributed by atoms with van der Waals surface area (Å²) in [6.45, 7) is 4.48. The van der Waals surface area contributed by atoms with Gasteiger partial charge in [0.05, 0.1) is 10.6 Å². The van der Waals surface area contributed by atoms with Crippen molar-refractivity contribution in [2.45, 2.75) is 23.5 Å². The molecular weight excluding hydrogens is 457 g/mol. The van der Waals surface area contributed by atoms with Gasteiger partial charge in [0.1, 0.15) is 0 Å². The second-order valence-electron chi connectivity index (χ2n) is 5.45. The molecule has 0 saturated carbocycles. The Balaban J connectivity index is 0.00000288. The number of halogens is 1. The number of benzene rings is 1. The summed E-state index contributed by atoms with van der Waals surface area (Å²) >= 11 is 2.00. The first kappa shape index (κ1) is 21.6. The van der Waals surface area contributed by atoms with E-state index in [0.717, 1.165) is 31.2 Å². The van der Waals surface area contributed by atoms with Crippen molar-refractivity contribution in [3.63, 3.8) is 0 Å². The minimum Gasteiger partial charge on any atom is -0.355 e. The Morgan fingerprint density at radius 1 is 1.38 bits per heavy atom. The van der Waals surface area contributed by atoms with Gasteiger partial charge in [-0.3, -0.25) is 4.99 Å². The molecule has 0 aliphatic carbocycles. The van der Waals surface area contributed by atoms with E-state index in [1.807, 2.05) is 17.8 Å². The largest absolute Gasteiger partial charge is 0.355 e.